The zero-order chi connectivity index (χ0) is 22.1. The predicted octanol–water partition coefficient (Wildman–Crippen LogP) is 2.68. The fourth-order valence-corrected chi connectivity index (χ4v) is 4.85. The van der Waals surface area contributed by atoms with Crippen molar-refractivity contribution in [3.05, 3.63) is 94.2 Å². The number of fused-ring (bicyclic) bond motifs is 4. The van der Waals surface area contributed by atoms with Crippen molar-refractivity contribution < 1.29 is 9.59 Å². The first kappa shape index (κ1) is 20.2. The Balaban J connectivity index is 1.34. The molecule has 0 unspecified atom stereocenters. The van der Waals surface area contributed by atoms with Crippen LogP contribution in [-0.4, -0.2) is 39.4 Å². The van der Waals surface area contributed by atoms with Gasteiger partial charge in [-0.15, -0.1) is 0 Å². The molecule has 0 aliphatic carbocycles. The number of piperidine rings is 1. The summed E-state index contributed by atoms with van der Waals surface area (Å²) in [5, 5.41) is 2.78. The number of hydrogen-bond donors (Lipinski definition) is 1. The molecule has 7 nitrogen and oxygen atoms in total. The van der Waals surface area contributed by atoms with Crippen molar-refractivity contribution in [2.45, 2.75) is 25.3 Å². The third kappa shape index (κ3) is 3.93. The molecule has 1 aromatic carbocycles. The van der Waals surface area contributed by atoms with E-state index in [9.17, 15) is 14.4 Å². The normalized spacial score (nSPS) is 19.2. The molecule has 1 saturated heterocycles. The molecule has 2 aromatic heterocycles. The lowest BCUT2D eigenvalue weighted by molar-refractivity contribution is -0.115. The molecule has 7 heteroatoms. The van der Waals surface area contributed by atoms with Crippen LogP contribution in [0, 0.1) is 5.92 Å². The molecule has 0 spiro atoms. The van der Waals surface area contributed by atoms with E-state index in [1.807, 2.05) is 41.3 Å². The zero-order valence-electron chi connectivity index (χ0n) is 17.6. The number of likely N-dealkylation sites (tertiary alicyclic amines) is 1. The summed E-state index contributed by atoms with van der Waals surface area (Å²) in [5.74, 6) is 0.0752. The van der Waals surface area contributed by atoms with Crippen molar-refractivity contribution in [1.29, 1.82) is 0 Å². The lowest BCUT2D eigenvalue weighted by Crippen LogP contribution is -2.49. The summed E-state index contributed by atoms with van der Waals surface area (Å²) >= 11 is 0. The SMILES string of the molecule is O=C(Cc1ccccc1)Nc1ccc2n(c1=O)C[C@H]1C[C@@H]2CN(C(=O)c2cccnc2)C1. The smallest absolute Gasteiger partial charge is 0.274 e. The van der Waals surface area contributed by atoms with Gasteiger partial charge in [0.1, 0.15) is 5.69 Å². The topological polar surface area (TPSA) is 84.3 Å². The zero-order valence-corrected chi connectivity index (χ0v) is 17.6. The summed E-state index contributed by atoms with van der Waals surface area (Å²) in [6.45, 7) is 1.73. The summed E-state index contributed by atoms with van der Waals surface area (Å²) < 4.78 is 1.78. The van der Waals surface area contributed by atoms with Gasteiger partial charge in [-0.05, 0) is 42.2 Å². The van der Waals surface area contributed by atoms with Crippen LogP contribution in [-0.2, 0) is 17.8 Å². The van der Waals surface area contributed by atoms with Crippen LogP contribution in [0.1, 0.15) is 34.0 Å². The highest BCUT2D eigenvalue weighted by Crippen LogP contribution is 2.36. The predicted molar refractivity (Wildman–Crippen MR) is 120 cm³/mol. The van der Waals surface area contributed by atoms with Crippen LogP contribution in [0.25, 0.3) is 0 Å². The maximum atomic E-state index is 13.1. The van der Waals surface area contributed by atoms with E-state index in [4.69, 9.17) is 0 Å². The van der Waals surface area contributed by atoms with Gasteiger partial charge in [0.2, 0.25) is 5.91 Å². The Bertz CT molecular complexity index is 1210. The number of amides is 2. The number of carbonyl (C=O) groups is 2. The second-order valence-electron chi connectivity index (χ2n) is 8.55. The second-order valence-corrected chi connectivity index (χ2v) is 8.55. The molecule has 0 radical (unpaired) electrons. The Kier molecular flexibility index (Phi) is 5.31. The molecule has 32 heavy (non-hydrogen) atoms. The highest BCUT2D eigenvalue weighted by molar-refractivity contribution is 5.94. The minimum Gasteiger partial charge on any atom is -0.338 e. The van der Waals surface area contributed by atoms with Gasteiger partial charge >= 0.3 is 0 Å². The Morgan fingerprint density at radius 2 is 1.84 bits per heavy atom. The fourth-order valence-electron chi connectivity index (χ4n) is 4.85. The lowest BCUT2D eigenvalue weighted by Gasteiger charge is -2.42. The molecule has 3 aromatic rings. The third-order valence-corrected chi connectivity index (χ3v) is 6.28. The minimum absolute atomic E-state index is 0.0200. The van der Waals surface area contributed by atoms with Crippen molar-refractivity contribution in [2.75, 3.05) is 18.4 Å². The molecule has 4 heterocycles. The molecule has 2 atom stereocenters. The number of rotatable bonds is 4. The molecule has 162 valence electrons. The molecule has 2 bridgehead atoms. The molecule has 2 aliphatic rings. The largest absolute Gasteiger partial charge is 0.338 e. The van der Waals surface area contributed by atoms with Gasteiger partial charge in [0.15, 0.2) is 0 Å². The number of aromatic nitrogens is 2. The molecule has 2 amide bonds. The van der Waals surface area contributed by atoms with E-state index in [0.29, 0.717) is 30.9 Å². The molecule has 5 rings (SSSR count). The van der Waals surface area contributed by atoms with Crippen LogP contribution < -0.4 is 10.9 Å². The van der Waals surface area contributed by atoms with Gasteiger partial charge in [-0.3, -0.25) is 19.4 Å². The quantitative estimate of drug-likeness (QED) is 0.693. The molecule has 0 saturated carbocycles. The van der Waals surface area contributed by atoms with Gasteiger partial charge in [-0.25, -0.2) is 0 Å². The Hall–Kier alpha value is -3.74. The van der Waals surface area contributed by atoms with Gasteiger partial charge < -0.3 is 14.8 Å². The van der Waals surface area contributed by atoms with E-state index in [0.717, 1.165) is 17.7 Å². The van der Waals surface area contributed by atoms with Crippen LogP contribution >= 0.6 is 0 Å². The monoisotopic (exact) mass is 428 g/mol. The van der Waals surface area contributed by atoms with Crippen LogP contribution in [0.4, 0.5) is 5.69 Å². The van der Waals surface area contributed by atoms with Crippen molar-refractivity contribution in [2.24, 2.45) is 5.92 Å². The summed E-state index contributed by atoms with van der Waals surface area (Å²) in [6.07, 6.45) is 4.42. The second kappa shape index (κ2) is 8.42. The summed E-state index contributed by atoms with van der Waals surface area (Å²) in [7, 11) is 0. The number of benzene rings is 1. The van der Waals surface area contributed by atoms with Gasteiger partial charge in [-0.2, -0.15) is 0 Å². The van der Waals surface area contributed by atoms with Crippen LogP contribution in [0.2, 0.25) is 0 Å². The van der Waals surface area contributed by atoms with Crippen molar-refractivity contribution in [3.63, 3.8) is 0 Å². The fraction of sp³-hybridized carbons (Fsp3) is 0.280. The van der Waals surface area contributed by atoms with E-state index < -0.39 is 0 Å². The molecule has 1 fully saturated rings. The minimum atomic E-state index is -0.210. The average molecular weight is 428 g/mol. The highest BCUT2D eigenvalue weighted by Gasteiger charge is 2.37. The molecular weight excluding hydrogens is 404 g/mol. The Morgan fingerprint density at radius 3 is 2.62 bits per heavy atom. The van der Waals surface area contributed by atoms with Gasteiger partial charge in [0.05, 0.1) is 12.0 Å². The number of pyridine rings is 2. The van der Waals surface area contributed by atoms with E-state index in [1.54, 1.807) is 35.2 Å². The standard InChI is InChI=1S/C25H24N4O3/c30-23(12-17-5-2-1-3-6-17)27-21-8-9-22-20-11-18(15-29(22)25(21)32)14-28(16-20)24(31)19-7-4-10-26-13-19/h1-10,13,18,20H,11-12,14-16H2,(H,27,30)/t18-,20+/m0/s1. The van der Waals surface area contributed by atoms with Crippen molar-refractivity contribution in [3.8, 4) is 0 Å². The van der Waals surface area contributed by atoms with Crippen LogP contribution in [0.15, 0.2) is 71.8 Å². The maximum absolute atomic E-state index is 13.1. The molecule has 2 aliphatic heterocycles. The highest BCUT2D eigenvalue weighted by atomic mass is 16.2. The summed E-state index contributed by atoms with van der Waals surface area (Å²) in [6, 6.07) is 16.6. The average Bonchev–Trinajstić information content (AvgIpc) is 2.82. The van der Waals surface area contributed by atoms with Crippen LogP contribution in [0.5, 0.6) is 0 Å². The maximum Gasteiger partial charge on any atom is 0.274 e. The number of anilines is 1. The van der Waals surface area contributed by atoms with E-state index in [2.05, 4.69) is 10.3 Å². The molecular formula is C25H24N4O3. The van der Waals surface area contributed by atoms with Gasteiger partial charge in [0.25, 0.3) is 11.5 Å². The molecule has 1 N–H and O–H groups in total. The van der Waals surface area contributed by atoms with Gasteiger partial charge in [-0.1, -0.05) is 30.3 Å². The number of carbonyl (C=O) groups excluding carboxylic acids is 2. The third-order valence-electron chi connectivity index (χ3n) is 6.28. The van der Waals surface area contributed by atoms with Gasteiger partial charge in [0, 0.05) is 43.6 Å². The Morgan fingerprint density at radius 1 is 1.00 bits per heavy atom. The van der Waals surface area contributed by atoms with E-state index in [-0.39, 0.29) is 35.6 Å². The number of hydrogen-bond acceptors (Lipinski definition) is 4. The first-order chi connectivity index (χ1) is 15.6. The van der Waals surface area contributed by atoms with E-state index >= 15 is 0 Å². The summed E-state index contributed by atoms with van der Waals surface area (Å²) in [5.41, 5.74) is 2.54. The Labute approximate surface area is 185 Å². The number of nitrogens with one attached hydrogen (secondary N) is 1. The summed E-state index contributed by atoms with van der Waals surface area (Å²) in [4.78, 5) is 44.4. The van der Waals surface area contributed by atoms with E-state index in [1.165, 1.54) is 0 Å². The first-order valence-electron chi connectivity index (χ1n) is 10.9. The first-order valence-corrected chi connectivity index (χ1v) is 10.9. The van der Waals surface area contributed by atoms with Crippen molar-refractivity contribution in [1.82, 2.24) is 14.5 Å². The van der Waals surface area contributed by atoms with Crippen LogP contribution in [0.3, 0.4) is 0 Å². The number of nitrogens with zero attached hydrogens (tertiary/aromatic N) is 3. The van der Waals surface area contributed by atoms with Crippen molar-refractivity contribution >= 4 is 17.5 Å². The lowest BCUT2D eigenvalue weighted by atomic mass is 9.83.